The van der Waals surface area contributed by atoms with Crippen LogP contribution in [0.1, 0.15) is 26.3 Å². The molecule has 0 radical (unpaired) electrons. The topological polar surface area (TPSA) is 28.1 Å². The zero-order valence-electron chi connectivity index (χ0n) is 15.9. The molecule has 0 aliphatic carbocycles. The van der Waals surface area contributed by atoms with Crippen molar-refractivity contribution >= 4 is 11.5 Å². The van der Waals surface area contributed by atoms with E-state index in [-0.39, 0.29) is 0 Å². The molecular weight excluding hydrogens is 322 g/mol. The predicted molar refractivity (Wildman–Crippen MR) is 107 cm³/mol. The average Bonchev–Trinajstić information content (AvgIpc) is 2.78. The van der Waals surface area contributed by atoms with Gasteiger partial charge in [0, 0.05) is 32.7 Å². The lowest BCUT2D eigenvalue weighted by atomic mass is 9.96. The molecule has 136 valence electrons. The molecule has 4 rings (SSSR count). The molecule has 0 spiro atoms. The van der Waals surface area contributed by atoms with Crippen LogP contribution < -0.4 is 4.74 Å². The molecule has 0 amide bonds. The van der Waals surface area contributed by atoms with Crippen LogP contribution in [-0.2, 0) is 0 Å². The van der Waals surface area contributed by atoms with Gasteiger partial charge in [0.05, 0.1) is 5.56 Å². The summed E-state index contributed by atoms with van der Waals surface area (Å²) in [5, 5.41) is 0. The van der Waals surface area contributed by atoms with E-state index in [1.807, 2.05) is 36.4 Å². The van der Waals surface area contributed by atoms with E-state index in [0.29, 0.717) is 5.41 Å². The molecule has 0 atom stereocenters. The Kier molecular flexibility index (Phi) is 4.45. The van der Waals surface area contributed by atoms with Crippen molar-refractivity contribution in [2.24, 2.45) is 10.4 Å². The Bertz CT molecular complexity index is 814. The summed E-state index contributed by atoms with van der Waals surface area (Å²) in [5.41, 5.74) is 2.31. The molecule has 1 fully saturated rings. The van der Waals surface area contributed by atoms with E-state index in [1.165, 1.54) is 0 Å². The summed E-state index contributed by atoms with van der Waals surface area (Å²) >= 11 is 0. The number of fused-ring (bicyclic) bond motifs is 2. The molecule has 1 saturated heterocycles. The molecule has 0 unspecified atom stereocenters. The summed E-state index contributed by atoms with van der Waals surface area (Å²) in [6.07, 6.45) is 0. The number of nitrogens with zero attached hydrogens (tertiary/aromatic N) is 3. The Balaban J connectivity index is 1.62. The van der Waals surface area contributed by atoms with Crippen molar-refractivity contribution in [1.29, 1.82) is 0 Å². The van der Waals surface area contributed by atoms with E-state index in [0.717, 1.165) is 61.3 Å². The van der Waals surface area contributed by atoms with Crippen molar-refractivity contribution in [2.45, 2.75) is 20.8 Å². The van der Waals surface area contributed by atoms with E-state index in [9.17, 15) is 0 Å². The van der Waals surface area contributed by atoms with Gasteiger partial charge >= 0.3 is 0 Å². The van der Waals surface area contributed by atoms with Gasteiger partial charge in [0.25, 0.3) is 0 Å². The number of para-hydroxylation sites is 3. The zero-order valence-corrected chi connectivity index (χ0v) is 15.9. The number of ether oxygens (including phenoxy) is 1. The summed E-state index contributed by atoms with van der Waals surface area (Å²) in [6.45, 7) is 12.2. The average molecular weight is 349 g/mol. The van der Waals surface area contributed by atoms with Gasteiger partial charge in [0.15, 0.2) is 5.75 Å². The zero-order chi connectivity index (χ0) is 18.1. The van der Waals surface area contributed by atoms with Crippen LogP contribution in [0.4, 0.5) is 5.69 Å². The van der Waals surface area contributed by atoms with E-state index < -0.39 is 0 Å². The Morgan fingerprint density at radius 3 is 2.27 bits per heavy atom. The highest BCUT2D eigenvalue weighted by Gasteiger charge is 2.27. The lowest BCUT2D eigenvalue weighted by molar-refractivity contribution is 0.136. The van der Waals surface area contributed by atoms with Crippen LogP contribution >= 0.6 is 0 Å². The summed E-state index contributed by atoms with van der Waals surface area (Å²) in [4.78, 5) is 9.97. The highest BCUT2D eigenvalue weighted by atomic mass is 16.5. The van der Waals surface area contributed by atoms with Gasteiger partial charge in [0.1, 0.15) is 17.3 Å². The van der Waals surface area contributed by atoms with E-state index >= 15 is 0 Å². The Morgan fingerprint density at radius 1 is 0.885 bits per heavy atom. The normalized spacial score (nSPS) is 17.7. The fraction of sp³-hybridized carbons (Fsp3) is 0.409. The van der Waals surface area contributed by atoms with Gasteiger partial charge < -0.3 is 9.64 Å². The monoisotopic (exact) mass is 349 g/mol. The Morgan fingerprint density at radius 2 is 1.54 bits per heavy atom. The standard InChI is InChI=1S/C22H27N3O/c1-22(2,3)16-24-12-14-25(15-13-24)21-17-8-4-6-10-19(17)26-20-11-7-5-9-18(20)23-21/h4-11H,12-16H2,1-3H3. The largest absolute Gasteiger partial charge is 0.454 e. The highest BCUT2D eigenvalue weighted by molar-refractivity contribution is 6.03. The van der Waals surface area contributed by atoms with Crippen LogP contribution in [0.2, 0.25) is 0 Å². The van der Waals surface area contributed by atoms with Gasteiger partial charge in [-0.1, -0.05) is 45.0 Å². The number of hydrogen-bond acceptors (Lipinski definition) is 4. The Labute approximate surface area is 156 Å². The molecule has 4 nitrogen and oxygen atoms in total. The fourth-order valence-corrected chi connectivity index (χ4v) is 3.70. The number of hydrogen-bond donors (Lipinski definition) is 0. The third-order valence-electron chi connectivity index (χ3n) is 4.81. The molecule has 2 aliphatic rings. The van der Waals surface area contributed by atoms with Gasteiger partial charge in [-0.3, -0.25) is 4.90 Å². The minimum atomic E-state index is 0.335. The maximum absolute atomic E-state index is 6.16. The van der Waals surface area contributed by atoms with Gasteiger partial charge in [-0.15, -0.1) is 0 Å². The smallest absolute Gasteiger partial charge is 0.153 e. The third-order valence-corrected chi connectivity index (χ3v) is 4.81. The number of amidine groups is 1. The van der Waals surface area contributed by atoms with E-state index in [1.54, 1.807) is 0 Å². The van der Waals surface area contributed by atoms with Crippen LogP contribution in [0, 0.1) is 5.41 Å². The Hall–Kier alpha value is -2.33. The minimum absolute atomic E-state index is 0.335. The maximum Gasteiger partial charge on any atom is 0.153 e. The first-order valence-corrected chi connectivity index (χ1v) is 9.42. The quantitative estimate of drug-likeness (QED) is 0.757. The molecular formula is C22H27N3O. The summed E-state index contributed by atoms with van der Waals surface area (Å²) in [5.74, 6) is 2.73. The maximum atomic E-state index is 6.16. The second kappa shape index (κ2) is 6.76. The second-order valence-corrected chi connectivity index (χ2v) is 8.33. The lowest BCUT2D eigenvalue weighted by Crippen LogP contribution is -2.50. The molecule has 2 heterocycles. The molecule has 2 aliphatic heterocycles. The van der Waals surface area contributed by atoms with Crippen molar-refractivity contribution in [1.82, 2.24) is 9.80 Å². The molecule has 0 bridgehead atoms. The molecule has 26 heavy (non-hydrogen) atoms. The van der Waals surface area contributed by atoms with Crippen molar-refractivity contribution in [3.05, 3.63) is 54.1 Å². The van der Waals surface area contributed by atoms with Crippen molar-refractivity contribution in [2.75, 3.05) is 32.7 Å². The van der Waals surface area contributed by atoms with Crippen LogP contribution in [0.3, 0.4) is 0 Å². The second-order valence-electron chi connectivity index (χ2n) is 8.33. The minimum Gasteiger partial charge on any atom is -0.454 e. The first kappa shape index (κ1) is 17.1. The SMILES string of the molecule is CC(C)(C)CN1CCN(C2=Nc3ccccc3Oc3ccccc32)CC1. The first-order chi connectivity index (χ1) is 12.5. The third kappa shape index (κ3) is 3.61. The number of aliphatic imine (C=N–C) groups is 1. The molecule has 2 aromatic rings. The molecule has 4 heteroatoms. The lowest BCUT2D eigenvalue weighted by Gasteiger charge is -2.39. The molecule has 0 saturated carbocycles. The van der Waals surface area contributed by atoms with Crippen molar-refractivity contribution in [3.8, 4) is 11.5 Å². The van der Waals surface area contributed by atoms with Crippen LogP contribution in [0.5, 0.6) is 11.5 Å². The van der Waals surface area contributed by atoms with Gasteiger partial charge in [-0.25, -0.2) is 4.99 Å². The van der Waals surface area contributed by atoms with Crippen LogP contribution in [-0.4, -0.2) is 48.4 Å². The predicted octanol–water partition coefficient (Wildman–Crippen LogP) is 4.53. The molecule has 0 N–H and O–H groups in total. The highest BCUT2D eigenvalue weighted by Crippen LogP contribution is 2.37. The number of rotatable bonds is 1. The van der Waals surface area contributed by atoms with Gasteiger partial charge in [-0.05, 0) is 29.7 Å². The van der Waals surface area contributed by atoms with Crippen molar-refractivity contribution < 1.29 is 4.74 Å². The van der Waals surface area contributed by atoms with E-state index in [2.05, 4.69) is 42.7 Å². The summed E-state index contributed by atoms with van der Waals surface area (Å²) < 4.78 is 6.16. The number of piperazine rings is 1. The number of benzene rings is 2. The van der Waals surface area contributed by atoms with Crippen LogP contribution in [0.15, 0.2) is 53.5 Å². The first-order valence-electron chi connectivity index (χ1n) is 9.42. The van der Waals surface area contributed by atoms with Crippen LogP contribution in [0.25, 0.3) is 0 Å². The van der Waals surface area contributed by atoms with E-state index in [4.69, 9.17) is 9.73 Å². The molecule has 0 aromatic heterocycles. The molecule has 2 aromatic carbocycles. The fourth-order valence-electron chi connectivity index (χ4n) is 3.70. The van der Waals surface area contributed by atoms with Gasteiger partial charge in [-0.2, -0.15) is 0 Å². The van der Waals surface area contributed by atoms with Crippen molar-refractivity contribution in [3.63, 3.8) is 0 Å². The van der Waals surface area contributed by atoms with Gasteiger partial charge in [0.2, 0.25) is 0 Å². The summed E-state index contributed by atoms with van der Waals surface area (Å²) in [6, 6.07) is 16.2. The summed E-state index contributed by atoms with van der Waals surface area (Å²) in [7, 11) is 0.